The second-order valence-electron chi connectivity index (χ2n) is 17.9. The molecular formula is C51H67N11O3. The van der Waals surface area contributed by atoms with Crippen LogP contribution in [0.3, 0.4) is 0 Å². The first kappa shape index (κ1) is 45.7. The van der Waals surface area contributed by atoms with Gasteiger partial charge in [-0.25, -0.2) is 19.0 Å². The summed E-state index contributed by atoms with van der Waals surface area (Å²) in [5.41, 5.74) is 14.8. The van der Waals surface area contributed by atoms with Gasteiger partial charge in [-0.05, 0) is 123 Å². The Bertz CT molecular complexity index is 2700. The van der Waals surface area contributed by atoms with Crippen molar-refractivity contribution in [2.24, 2.45) is 0 Å². The highest BCUT2D eigenvalue weighted by molar-refractivity contribution is 6.00. The molecule has 2 fully saturated rings. The van der Waals surface area contributed by atoms with Gasteiger partial charge in [0.25, 0.3) is 11.8 Å². The van der Waals surface area contributed by atoms with E-state index in [0.717, 1.165) is 126 Å². The molecule has 8 heterocycles. The molecule has 0 atom stereocenters. The highest BCUT2D eigenvalue weighted by atomic mass is 16.5. The van der Waals surface area contributed by atoms with Crippen molar-refractivity contribution in [3.63, 3.8) is 0 Å². The van der Waals surface area contributed by atoms with Gasteiger partial charge in [-0.2, -0.15) is 10.2 Å². The SMILES string of the molecule is CC.Cc1nc2c3c(nn2c(C)c1C)CN(C(=O)c1ccccc1N1CCCN(C)CC1)C3.Cc1nc2c3c(nn2c(C)c1C)CN(C(=O)c1ccccc1OCCN1CCCCC1)C3. The predicted molar refractivity (Wildman–Crippen MR) is 256 cm³/mol. The number of carbonyl (C=O) groups is 2. The van der Waals surface area contributed by atoms with Gasteiger partial charge < -0.3 is 24.3 Å². The average molecular weight is 882 g/mol. The molecular weight excluding hydrogens is 815 g/mol. The Labute approximate surface area is 384 Å². The molecule has 2 aromatic carbocycles. The molecule has 0 radical (unpaired) electrons. The molecule has 0 spiro atoms. The number of nitrogens with zero attached hydrogens (tertiary/aromatic N) is 11. The van der Waals surface area contributed by atoms with E-state index in [2.05, 4.69) is 55.5 Å². The highest BCUT2D eigenvalue weighted by Gasteiger charge is 2.33. The molecule has 14 nitrogen and oxygen atoms in total. The molecule has 4 aliphatic rings. The van der Waals surface area contributed by atoms with Crippen LogP contribution < -0.4 is 9.64 Å². The van der Waals surface area contributed by atoms with Crippen molar-refractivity contribution in [3.8, 4) is 5.75 Å². The number of benzene rings is 2. The smallest absolute Gasteiger partial charge is 0.258 e. The van der Waals surface area contributed by atoms with Gasteiger partial charge in [0.1, 0.15) is 12.4 Å². The van der Waals surface area contributed by atoms with Gasteiger partial charge in [0.2, 0.25) is 0 Å². The molecule has 4 aromatic heterocycles. The summed E-state index contributed by atoms with van der Waals surface area (Å²) in [7, 11) is 2.16. The molecule has 344 valence electrons. The summed E-state index contributed by atoms with van der Waals surface area (Å²) in [5.74, 6) is 0.717. The van der Waals surface area contributed by atoms with Crippen molar-refractivity contribution >= 4 is 28.8 Å². The number of carbonyl (C=O) groups excluding carboxylic acids is 2. The number of fused-ring (bicyclic) bond motifs is 6. The Morgan fingerprint density at radius 3 is 1.74 bits per heavy atom. The second kappa shape index (κ2) is 19.7. The first-order chi connectivity index (χ1) is 31.5. The van der Waals surface area contributed by atoms with E-state index in [1.165, 1.54) is 24.8 Å². The number of ether oxygens (including phenoxy) is 1. The molecule has 65 heavy (non-hydrogen) atoms. The number of likely N-dealkylation sites (N-methyl/N-ethyl adjacent to an activating group) is 1. The molecule has 4 aliphatic heterocycles. The molecule has 10 rings (SSSR count). The summed E-state index contributed by atoms with van der Waals surface area (Å²) in [6, 6.07) is 15.6. The molecule has 0 N–H and O–H groups in total. The van der Waals surface area contributed by atoms with E-state index in [1.54, 1.807) is 0 Å². The van der Waals surface area contributed by atoms with Crippen molar-refractivity contribution in [3.05, 3.63) is 116 Å². The van der Waals surface area contributed by atoms with Crippen molar-refractivity contribution < 1.29 is 14.3 Å². The first-order valence-corrected chi connectivity index (χ1v) is 23.7. The fourth-order valence-electron chi connectivity index (χ4n) is 9.51. The normalized spacial score (nSPS) is 16.5. The number of hydrogen-bond donors (Lipinski definition) is 0. The zero-order chi connectivity index (χ0) is 45.9. The van der Waals surface area contributed by atoms with E-state index in [-0.39, 0.29) is 11.8 Å². The number of likely N-dealkylation sites (tertiary alicyclic amines) is 1. The number of rotatable bonds is 7. The Balaban J connectivity index is 0.000000171. The largest absolute Gasteiger partial charge is 0.491 e. The minimum atomic E-state index is -0.0183. The number of para-hydroxylation sites is 2. The molecule has 0 aliphatic carbocycles. The van der Waals surface area contributed by atoms with Crippen molar-refractivity contribution in [2.45, 2.75) is 107 Å². The molecule has 2 amide bonds. The number of aromatic nitrogens is 6. The minimum Gasteiger partial charge on any atom is -0.491 e. The number of piperidine rings is 1. The van der Waals surface area contributed by atoms with Crippen LogP contribution in [-0.2, 0) is 26.2 Å². The van der Waals surface area contributed by atoms with Crippen LogP contribution in [0.2, 0.25) is 0 Å². The number of aryl methyl sites for hydroxylation is 4. The molecule has 0 bridgehead atoms. The van der Waals surface area contributed by atoms with Crippen LogP contribution in [0.15, 0.2) is 48.5 Å². The zero-order valence-electron chi connectivity index (χ0n) is 40.1. The van der Waals surface area contributed by atoms with Crippen LogP contribution in [0.1, 0.15) is 117 Å². The lowest BCUT2D eigenvalue weighted by molar-refractivity contribution is 0.0739. The van der Waals surface area contributed by atoms with Gasteiger partial charge in [-0.15, -0.1) is 0 Å². The molecule has 0 unspecified atom stereocenters. The van der Waals surface area contributed by atoms with Crippen molar-refractivity contribution in [1.82, 2.24) is 48.8 Å². The van der Waals surface area contributed by atoms with E-state index in [4.69, 9.17) is 24.9 Å². The monoisotopic (exact) mass is 882 g/mol. The van der Waals surface area contributed by atoms with Gasteiger partial charge in [-0.3, -0.25) is 14.5 Å². The molecule has 0 saturated carbocycles. The Morgan fingerprint density at radius 1 is 0.600 bits per heavy atom. The van der Waals surface area contributed by atoms with Gasteiger partial charge in [0.15, 0.2) is 11.3 Å². The van der Waals surface area contributed by atoms with Crippen molar-refractivity contribution in [2.75, 3.05) is 64.4 Å². The zero-order valence-corrected chi connectivity index (χ0v) is 40.1. The standard InChI is InChI=1S/C25H31N5O2.C24H30N6O.C2H6/c1-17-18(2)26-24-21-15-29(16-22(21)27-30(24)19(17)3)25(31)20-9-5-6-10-23(20)32-14-13-28-11-7-4-8-12-28;1-16-17(2)25-23-20-14-29(15-21(20)26-30(23)18(16)3)24(31)19-8-5-6-9-22(19)28-11-7-10-27(4)12-13-28;1-2/h5-6,9-10H,4,7-8,11-16H2,1-3H3;5-6,8-9H,7,10-15H2,1-4H3;1-2H3. The third kappa shape index (κ3) is 9.20. The third-order valence-electron chi connectivity index (χ3n) is 13.8. The Morgan fingerprint density at radius 2 is 1.14 bits per heavy atom. The predicted octanol–water partition coefficient (Wildman–Crippen LogP) is 7.65. The minimum absolute atomic E-state index is 0.0183. The lowest BCUT2D eigenvalue weighted by Gasteiger charge is -2.26. The summed E-state index contributed by atoms with van der Waals surface area (Å²) in [6.07, 6.45) is 4.96. The van der Waals surface area contributed by atoms with Crippen LogP contribution in [0.4, 0.5) is 5.69 Å². The Hall–Kier alpha value is -5.86. The maximum absolute atomic E-state index is 13.6. The maximum atomic E-state index is 13.6. The quantitative estimate of drug-likeness (QED) is 0.158. The summed E-state index contributed by atoms with van der Waals surface area (Å²) in [6.45, 7) is 26.3. The lowest BCUT2D eigenvalue weighted by atomic mass is 10.1. The molecule has 2 saturated heterocycles. The van der Waals surface area contributed by atoms with E-state index in [9.17, 15) is 9.59 Å². The average Bonchev–Trinajstić information content (AvgIpc) is 4.07. The van der Waals surface area contributed by atoms with E-state index in [1.807, 2.05) is 89.0 Å². The topological polar surface area (TPSA) is 120 Å². The molecule has 6 aromatic rings. The lowest BCUT2D eigenvalue weighted by Crippen LogP contribution is -2.33. The van der Waals surface area contributed by atoms with Crippen LogP contribution in [0.25, 0.3) is 11.3 Å². The van der Waals surface area contributed by atoms with Crippen LogP contribution in [0.5, 0.6) is 5.75 Å². The fraction of sp³-hybridized carbons (Fsp3) is 0.490. The Kier molecular flexibility index (Phi) is 13.9. The van der Waals surface area contributed by atoms with Crippen LogP contribution >= 0.6 is 0 Å². The van der Waals surface area contributed by atoms with Crippen LogP contribution in [-0.4, -0.2) is 120 Å². The fourth-order valence-corrected chi connectivity index (χ4v) is 9.51. The van der Waals surface area contributed by atoms with E-state index < -0.39 is 0 Å². The number of hydrogen-bond acceptors (Lipinski definition) is 10. The second-order valence-corrected chi connectivity index (χ2v) is 17.9. The number of anilines is 1. The van der Waals surface area contributed by atoms with Gasteiger partial charge in [0.05, 0.1) is 48.7 Å². The highest BCUT2D eigenvalue weighted by Crippen LogP contribution is 2.33. The van der Waals surface area contributed by atoms with E-state index >= 15 is 0 Å². The third-order valence-corrected chi connectivity index (χ3v) is 13.8. The van der Waals surface area contributed by atoms with Gasteiger partial charge in [0, 0.05) is 65.8 Å². The van der Waals surface area contributed by atoms with Gasteiger partial charge >= 0.3 is 0 Å². The molecule has 14 heteroatoms. The van der Waals surface area contributed by atoms with E-state index in [0.29, 0.717) is 44.1 Å². The van der Waals surface area contributed by atoms with Crippen molar-refractivity contribution in [1.29, 1.82) is 0 Å². The maximum Gasteiger partial charge on any atom is 0.258 e. The summed E-state index contributed by atoms with van der Waals surface area (Å²) in [4.78, 5) is 47.5. The van der Waals surface area contributed by atoms with Crippen LogP contribution in [0, 0.1) is 41.5 Å². The first-order valence-electron chi connectivity index (χ1n) is 23.7. The summed E-state index contributed by atoms with van der Waals surface area (Å²) >= 11 is 0. The summed E-state index contributed by atoms with van der Waals surface area (Å²) in [5, 5.41) is 9.57. The number of amides is 2. The van der Waals surface area contributed by atoms with Gasteiger partial charge in [-0.1, -0.05) is 44.5 Å². The summed E-state index contributed by atoms with van der Waals surface area (Å²) < 4.78 is 9.94.